The van der Waals surface area contributed by atoms with Crippen LogP contribution in [0.15, 0.2) is 48.8 Å². The third kappa shape index (κ3) is 4.53. The maximum atomic E-state index is 14.8. The molecule has 37 heavy (non-hydrogen) atoms. The summed E-state index contributed by atoms with van der Waals surface area (Å²) in [5.41, 5.74) is 0.0191. The molecule has 0 aliphatic carbocycles. The van der Waals surface area contributed by atoms with Crippen molar-refractivity contribution >= 4 is 29.2 Å². The highest BCUT2D eigenvalue weighted by Crippen LogP contribution is 2.37. The lowest BCUT2D eigenvalue weighted by molar-refractivity contribution is 0.0535. The minimum Gasteiger partial charge on any atom is -0.443 e. The summed E-state index contributed by atoms with van der Waals surface area (Å²) in [4.78, 5) is 38.1. The number of anilines is 1. The standard InChI is InChI=1S/C27H24F2N4O3S/c1-15-23(31-24(37-15)16-7-6-11-30-14-16)32-12-10-20-17(25(32)34)13-21(22-18(28)8-5-9-19(22)29)33(20)26(35)36-27(2,3)4/h5-9,11,13-14H,10,12H2,1-4H3. The first-order chi connectivity index (χ1) is 17.5. The molecule has 1 aliphatic heterocycles. The summed E-state index contributed by atoms with van der Waals surface area (Å²) in [5.74, 6) is -1.60. The quantitative estimate of drug-likeness (QED) is 0.318. The maximum Gasteiger partial charge on any atom is 0.419 e. The number of nitrogens with zero attached hydrogens (tertiary/aromatic N) is 4. The molecule has 4 heterocycles. The van der Waals surface area contributed by atoms with E-state index in [0.29, 0.717) is 11.5 Å². The number of aryl methyl sites for hydroxylation is 1. The minimum absolute atomic E-state index is 0.0731. The number of benzene rings is 1. The van der Waals surface area contributed by atoms with E-state index in [2.05, 4.69) is 4.98 Å². The number of ether oxygens (including phenoxy) is 1. The largest absolute Gasteiger partial charge is 0.443 e. The molecule has 0 fully saturated rings. The number of aromatic nitrogens is 3. The molecule has 0 bridgehead atoms. The lowest BCUT2D eigenvalue weighted by Gasteiger charge is -2.27. The van der Waals surface area contributed by atoms with E-state index in [1.54, 1.807) is 33.2 Å². The summed E-state index contributed by atoms with van der Waals surface area (Å²) in [6, 6.07) is 8.52. The summed E-state index contributed by atoms with van der Waals surface area (Å²) in [7, 11) is 0. The van der Waals surface area contributed by atoms with Gasteiger partial charge in [-0.2, -0.15) is 0 Å². The van der Waals surface area contributed by atoms with E-state index in [9.17, 15) is 18.4 Å². The molecule has 7 nitrogen and oxygen atoms in total. The molecular formula is C27H24F2N4O3S. The molecule has 0 N–H and O–H groups in total. The van der Waals surface area contributed by atoms with E-state index in [1.165, 1.54) is 28.4 Å². The van der Waals surface area contributed by atoms with Crippen LogP contribution >= 0.6 is 11.3 Å². The molecule has 0 radical (unpaired) electrons. The van der Waals surface area contributed by atoms with Crippen LogP contribution in [0.2, 0.25) is 0 Å². The molecule has 0 unspecified atom stereocenters. The summed E-state index contributed by atoms with van der Waals surface area (Å²) < 4.78 is 36.3. The molecule has 3 aromatic heterocycles. The maximum absolute atomic E-state index is 14.8. The van der Waals surface area contributed by atoms with E-state index in [0.717, 1.165) is 32.1 Å². The Labute approximate surface area is 216 Å². The molecule has 0 saturated carbocycles. The van der Waals surface area contributed by atoms with Crippen LogP contribution in [-0.4, -0.2) is 38.7 Å². The fraction of sp³-hybridized carbons (Fsp3) is 0.259. The van der Waals surface area contributed by atoms with E-state index >= 15 is 0 Å². The molecule has 4 aromatic rings. The monoisotopic (exact) mass is 522 g/mol. The zero-order chi connectivity index (χ0) is 26.5. The van der Waals surface area contributed by atoms with Crippen molar-refractivity contribution in [2.45, 2.75) is 39.7 Å². The summed E-state index contributed by atoms with van der Waals surface area (Å²) in [5, 5.41) is 0.722. The molecular weight excluding hydrogens is 498 g/mol. The Balaban J connectivity index is 1.61. The minimum atomic E-state index is -0.857. The first kappa shape index (κ1) is 24.8. The number of fused-ring (bicyclic) bond motifs is 1. The first-order valence-electron chi connectivity index (χ1n) is 11.7. The molecule has 190 valence electrons. The number of carbonyl (C=O) groups is 2. The third-order valence-corrected chi connectivity index (χ3v) is 6.89. The number of hydrogen-bond acceptors (Lipinski definition) is 6. The van der Waals surface area contributed by atoms with Crippen LogP contribution in [-0.2, 0) is 11.2 Å². The van der Waals surface area contributed by atoms with Crippen molar-refractivity contribution in [3.63, 3.8) is 0 Å². The van der Waals surface area contributed by atoms with Crippen molar-refractivity contribution in [3.05, 3.63) is 76.6 Å². The number of halogens is 2. The second-order valence-electron chi connectivity index (χ2n) is 9.65. The van der Waals surface area contributed by atoms with Crippen molar-refractivity contribution in [2.24, 2.45) is 0 Å². The Morgan fingerprint density at radius 2 is 1.86 bits per heavy atom. The predicted molar refractivity (Wildman–Crippen MR) is 137 cm³/mol. The van der Waals surface area contributed by atoms with Gasteiger partial charge in [-0.25, -0.2) is 23.1 Å². The Bertz CT molecular complexity index is 1500. The van der Waals surface area contributed by atoms with Crippen LogP contribution in [0, 0.1) is 18.6 Å². The van der Waals surface area contributed by atoms with Gasteiger partial charge in [0.05, 0.1) is 16.8 Å². The number of rotatable bonds is 3. The third-order valence-electron chi connectivity index (χ3n) is 5.88. The molecule has 1 aromatic carbocycles. The molecule has 1 amide bonds. The number of pyridine rings is 1. The Kier molecular flexibility index (Phi) is 6.15. The zero-order valence-corrected chi connectivity index (χ0v) is 21.5. The number of carbonyl (C=O) groups excluding carboxylic acids is 2. The number of hydrogen-bond donors (Lipinski definition) is 0. The number of amides is 1. The van der Waals surface area contributed by atoms with Crippen LogP contribution in [0.1, 0.15) is 41.7 Å². The molecule has 0 atom stereocenters. The SMILES string of the molecule is Cc1sc(-c2cccnc2)nc1N1CCc2c(cc(-c3c(F)cccc3F)n2C(=O)OC(C)(C)C)C1=O. The van der Waals surface area contributed by atoms with Crippen LogP contribution in [0.4, 0.5) is 19.4 Å². The highest BCUT2D eigenvalue weighted by molar-refractivity contribution is 7.15. The number of thiazole rings is 1. The van der Waals surface area contributed by atoms with Crippen molar-refractivity contribution in [1.82, 2.24) is 14.5 Å². The lowest BCUT2D eigenvalue weighted by Crippen LogP contribution is -2.39. The van der Waals surface area contributed by atoms with Crippen molar-refractivity contribution < 1.29 is 23.1 Å². The van der Waals surface area contributed by atoms with Gasteiger partial charge in [-0.1, -0.05) is 6.07 Å². The van der Waals surface area contributed by atoms with E-state index in [1.807, 2.05) is 19.1 Å². The van der Waals surface area contributed by atoms with Crippen LogP contribution in [0.5, 0.6) is 0 Å². The van der Waals surface area contributed by atoms with Gasteiger partial charge in [-0.05, 0) is 58.0 Å². The molecule has 5 rings (SSSR count). The van der Waals surface area contributed by atoms with Crippen molar-refractivity contribution in [3.8, 4) is 21.8 Å². The van der Waals surface area contributed by atoms with Crippen LogP contribution in [0.3, 0.4) is 0 Å². The van der Waals surface area contributed by atoms with Gasteiger partial charge in [0.2, 0.25) is 0 Å². The van der Waals surface area contributed by atoms with Gasteiger partial charge in [-0.15, -0.1) is 11.3 Å². The van der Waals surface area contributed by atoms with Gasteiger partial charge in [0, 0.05) is 41.5 Å². The Morgan fingerprint density at radius 1 is 1.14 bits per heavy atom. The zero-order valence-electron chi connectivity index (χ0n) is 20.7. The highest BCUT2D eigenvalue weighted by Gasteiger charge is 2.36. The van der Waals surface area contributed by atoms with Gasteiger partial charge >= 0.3 is 6.09 Å². The molecule has 0 saturated heterocycles. The van der Waals surface area contributed by atoms with Crippen LogP contribution < -0.4 is 4.90 Å². The lowest BCUT2D eigenvalue weighted by atomic mass is 10.1. The topological polar surface area (TPSA) is 77.3 Å². The van der Waals surface area contributed by atoms with Gasteiger partial charge < -0.3 is 4.74 Å². The van der Waals surface area contributed by atoms with Gasteiger partial charge in [0.15, 0.2) is 0 Å². The van der Waals surface area contributed by atoms with Gasteiger partial charge in [0.25, 0.3) is 5.91 Å². The van der Waals surface area contributed by atoms with E-state index in [-0.39, 0.29) is 24.2 Å². The Morgan fingerprint density at radius 3 is 2.51 bits per heavy atom. The second kappa shape index (κ2) is 9.19. The molecule has 0 spiro atoms. The van der Waals surface area contributed by atoms with Crippen molar-refractivity contribution in [1.29, 1.82) is 0 Å². The van der Waals surface area contributed by atoms with E-state index in [4.69, 9.17) is 9.72 Å². The summed E-state index contributed by atoms with van der Waals surface area (Å²) >= 11 is 1.44. The smallest absolute Gasteiger partial charge is 0.419 e. The summed E-state index contributed by atoms with van der Waals surface area (Å²) in [6.45, 7) is 7.20. The summed E-state index contributed by atoms with van der Waals surface area (Å²) in [6.07, 6.45) is 2.83. The molecule has 10 heteroatoms. The average molecular weight is 523 g/mol. The fourth-order valence-corrected chi connectivity index (χ4v) is 5.25. The van der Waals surface area contributed by atoms with Gasteiger partial charge in [-0.3, -0.25) is 14.7 Å². The molecule has 1 aliphatic rings. The van der Waals surface area contributed by atoms with E-state index < -0.39 is 34.8 Å². The highest BCUT2D eigenvalue weighted by atomic mass is 32.1. The normalized spacial score (nSPS) is 13.6. The van der Waals surface area contributed by atoms with Crippen molar-refractivity contribution in [2.75, 3.05) is 11.4 Å². The first-order valence-corrected chi connectivity index (χ1v) is 12.5. The second-order valence-corrected chi connectivity index (χ2v) is 10.9. The van der Waals surface area contributed by atoms with Crippen LogP contribution in [0.25, 0.3) is 21.8 Å². The van der Waals surface area contributed by atoms with Gasteiger partial charge in [0.1, 0.15) is 28.1 Å². The Hall–Kier alpha value is -3.92. The predicted octanol–water partition coefficient (Wildman–Crippen LogP) is 6.25. The fourth-order valence-electron chi connectivity index (χ4n) is 4.34. The average Bonchev–Trinajstić information content (AvgIpc) is 3.40.